The summed E-state index contributed by atoms with van der Waals surface area (Å²) >= 11 is 4.36. The highest BCUT2D eigenvalue weighted by Gasteiger charge is 2.35. The van der Waals surface area contributed by atoms with Gasteiger partial charge < -0.3 is 20.2 Å². The van der Waals surface area contributed by atoms with Crippen molar-refractivity contribution in [2.75, 3.05) is 20.2 Å². The Morgan fingerprint density at radius 2 is 2.33 bits per heavy atom. The van der Waals surface area contributed by atoms with E-state index in [0.717, 1.165) is 0 Å². The summed E-state index contributed by atoms with van der Waals surface area (Å²) < 4.78 is 5.00. The molecule has 1 aliphatic heterocycles. The molecule has 0 saturated carbocycles. The summed E-state index contributed by atoms with van der Waals surface area (Å²) in [6.07, 6.45) is 1.81. The van der Waals surface area contributed by atoms with Crippen molar-refractivity contribution in [3.63, 3.8) is 0 Å². The lowest BCUT2D eigenvalue weighted by atomic mass is 10.1. The fraction of sp³-hybridized carbons (Fsp3) is 0.583. The summed E-state index contributed by atoms with van der Waals surface area (Å²) in [6, 6.07) is -0.753. The van der Waals surface area contributed by atoms with Crippen LogP contribution in [-0.4, -0.2) is 59.6 Å². The average Bonchev–Trinajstić information content (AvgIpc) is 2.84. The number of nitrogens with zero attached hydrogens (tertiary/aromatic N) is 2. The molecule has 0 bridgehead atoms. The molecule has 0 radical (unpaired) electrons. The molecule has 118 valence electrons. The van der Waals surface area contributed by atoms with Crippen LogP contribution in [0.4, 0.5) is 9.59 Å². The van der Waals surface area contributed by atoms with Crippen LogP contribution in [0.5, 0.6) is 0 Å². The van der Waals surface area contributed by atoms with Gasteiger partial charge in [-0.2, -0.15) is 12.6 Å². The highest BCUT2D eigenvalue weighted by molar-refractivity contribution is 7.81. The Kier molecular flexibility index (Phi) is 6.86. The highest BCUT2D eigenvalue weighted by atomic mass is 32.1. The molecule has 0 aromatic heterocycles. The molecule has 3 amide bonds. The second-order valence-corrected chi connectivity index (χ2v) is 5.25. The number of carbonyl (C=O) groups excluding carboxylic acids is 2. The zero-order valence-corrected chi connectivity index (χ0v) is 12.7. The predicted octanol–water partition coefficient (Wildman–Crippen LogP) is 0.788. The minimum atomic E-state index is -0.496. The fourth-order valence-corrected chi connectivity index (χ4v) is 2.48. The van der Waals surface area contributed by atoms with E-state index in [0.29, 0.717) is 13.0 Å². The molecule has 21 heavy (non-hydrogen) atoms. The maximum Gasteiger partial charge on any atom is 0.410 e. The second kappa shape index (κ2) is 8.40. The molecule has 2 atom stereocenters. The van der Waals surface area contributed by atoms with Gasteiger partial charge in [-0.15, -0.1) is 0 Å². The van der Waals surface area contributed by atoms with Crippen molar-refractivity contribution < 1.29 is 19.5 Å². The molecule has 1 fully saturated rings. The number of amidine groups is 1. The third-order valence-corrected chi connectivity index (χ3v) is 3.36. The van der Waals surface area contributed by atoms with Crippen LogP contribution in [0.1, 0.15) is 12.8 Å². The number of urea groups is 1. The first-order valence-corrected chi connectivity index (χ1v) is 6.95. The van der Waals surface area contributed by atoms with Crippen LogP contribution >= 0.6 is 12.6 Å². The van der Waals surface area contributed by atoms with Crippen molar-refractivity contribution in [3.8, 4) is 0 Å². The first-order chi connectivity index (χ1) is 10.0. The van der Waals surface area contributed by atoms with Crippen molar-refractivity contribution >= 4 is 30.6 Å². The van der Waals surface area contributed by atoms with E-state index in [1.54, 1.807) is 0 Å². The van der Waals surface area contributed by atoms with Crippen molar-refractivity contribution in [1.82, 2.24) is 15.5 Å². The van der Waals surface area contributed by atoms with Gasteiger partial charge in [0.2, 0.25) is 0 Å². The number of carbonyl (C=O) groups is 2. The Morgan fingerprint density at radius 3 is 2.90 bits per heavy atom. The predicted molar refractivity (Wildman–Crippen MR) is 80.9 cm³/mol. The summed E-state index contributed by atoms with van der Waals surface area (Å²) in [5, 5.41) is 16.7. The Balaban J connectivity index is 2.67. The number of oxime groups is 1. The first-order valence-electron chi connectivity index (χ1n) is 6.43. The van der Waals surface area contributed by atoms with Crippen LogP contribution in [0, 0.1) is 0 Å². The SMILES string of the molecule is C=CCOC(=O)N1C[C@@H](S)C[C@H]1C/C(=N/O)NC(=O)NC. The Labute approximate surface area is 128 Å². The second-order valence-electron chi connectivity index (χ2n) is 4.52. The van der Waals surface area contributed by atoms with Crippen LogP contribution in [-0.2, 0) is 4.74 Å². The Bertz CT molecular complexity index is 429. The van der Waals surface area contributed by atoms with Crippen molar-refractivity contribution in [2.24, 2.45) is 5.16 Å². The zero-order valence-electron chi connectivity index (χ0n) is 11.8. The molecular weight excluding hydrogens is 296 g/mol. The molecule has 0 aliphatic carbocycles. The minimum absolute atomic E-state index is 0.00576. The average molecular weight is 316 g/mol. The molecule has 9 heteroatoms. The van der Waals surface area contributed by atoms with E-state index in [-0.39, 0.29) is 30.2 Å². The third kappa shape index (κ3) is 5.18. The van der Waals surface area contributed by atoms with Crippen molar-refractivity contribution in [2.45, 2.75) is 24.1 Å². The summed E-state index contributed by atoms with van der Waals surface area (Å²) in [5.41, 5.74) is 0. The monoisotopic (exact) mass is 316 g/mol. The quantitative estimate of drug-likeness (QED) is 0.154. The van der Waals surface area contributed by atoms with Gasteiger partial charge in [0.25, 0.3) is 0 Å². The molecular formula is C12H20N4O4S. The molecule has 1 saturated heterocycles. The van der Waals surface area contributed by atoms with E-state index in [1.165, 1.54) is 18.0 Å². The summed E-state index contributed by atoms with van der Waals surface area (Å²) in [6.45, 7) is 4.03. The lowest BCUT2D eigenvalue weighted by Crippen LogP contribution is -2.43. The number of rotatable bonds is 4. The van der Waals surface area contributed by atoms with Crippen LogP contribution in [0.25, 0.3) is 0 Å². The lowest BCUT2D eigenvalue weighted by molar-refractivity contribution is 0.109. The summed E-state index contributed by atoms with van der Waals surface area (Å²) in [7, 11) is 1.45. The lowest BCUT2D eigenvalue weighted by Gasteiger charge is -2.23. The van der Waals surface area contributed by atoms with E-state index in [2.05, 4.69) is 35.0 Å². The standard InChI is InChI=1S/C12H20N4O4S/c1-3-4-20-12(18)16-7-9(21)5-8(16)6-10(15-19)14-11(17)13-2/h3,8-9,19,21H,1,4-7H2,2H3,(H2,13,14,15,17)/t8-,9-/m0/s1. The molecule has 0 aromatic carbocycles. The molecule has 3 N–H and O–H groups in total. The minimum Gasteiger partial charge on any atom is -0.445 e. The van der Waals surface area contributed by atoms with Crippen LogP contribution in [0.15, 0.2) is 17.8 Å². The van der Waals surface area contributed by atoms with Crippen molar-refractivity contribution in [3.05, 3.63) is 12.7 Å². The van der Waals surface area contributed by atoms with Gasteiger partial charge >= 0.3 is 12.1 Å². The van der Waals surface area contributed by atoms with Gasteiger partial charge in [0.05, 0.1) is 0 Å². The number of nitrogens with one attached hydrogen (secondary N) is 2. The molecule has 1 aliphatic rings. The first kappa shape index (κ1) is 17.2. The van der Waals surface area contributed by atoms with E-state index in [1.807, 2.05) is 0 Å². The van der Waals surface area contributed by atoms with Gasteiger partial charge in [0.15, 0.2) is 5.84 Å². The smallest absolute Gasteiger partial charge is 0.410 e. The van der Waals surface area contributed by atoms with Crippen LogP contribution in [0.3, 0.4) is 0 Å². The number of ether oxygens (including phenoxy) is 1. The van der Waals surface area contributed by atoms with Gasteiger partial charge in [0.1, 0.15) is 6.61 Å². The molecule has 0 spiro atoms. The molecule has 0 aromatic rings. The Hall–Kier alpha value is -1.90. The third-order valence-electron chi connectivity index (χ3n) is 2.99. The van der Waals surface area contributed by atoms with Crippen LogP contribution < -0.4 is 10.6 Å². The number of likely N-dealkylation sites (tertiary alicyclic amines) is 1. The van der Waals surface area contributed by atoms with E-state index in [4.69, 9.17) is 9.94 Å². The van der Waals surface area contributed by atoms with E-state index < -0.39 is 12.1 Å². The number of thiol groups is 1. The summed E-state index contributed by atoms with van der Waals surface area (Å²) in [4.78, 5) is 24.7. The van der Waals surface area contributed by atoms with Gasteiger partial charge in [-0.1, -0.05) is 17.8 Å². The fourth-order valence-electron chi connectivity index (χ4n) is 2.06. The van der Waals surface area contributed by atoms with Crippen LogP contribution in [0.2, 0.25) is 0 Å². The molecule has 8 nitrogen and oxygen atoms in total. The summed E-state index contributed by atoms with van der Waals surface area (Å²) in [5.74, 6) is 0.0725. The van der Waals surface area contributed by atoms with Crippen molar-refractivity contribution in [1.29, 1.82) is 0 Å². The molecule has 1 heterocycles. The van der Waals surface area contributed by atoms with Gasteiger partial charge in [-0.3, -0.25) is 5.32 Å². The van der Waals surface area contributed by atoms with Gasteiger partial charge in [0, 0.05) is 31.3 Å². The topological polar surface area (TPSA) is 103 Å². The maximum atomic E-state index is 11.9. The Morgan fingerprint density at radius 1 is 1.62 bits per heavy atom. The van der Waals surface area contributed by atoms with E-state index in [9.17, 15) is 9.59 Å². The van der Waals surface area contributed by atoms with Gasteiger partial charge in [-0.25, -0.2) is 9.59 Å². The number of hydrogen-bond donors (Lipinski definition) is 4. The normalized spacial score (nSPS) is 21.8. The maximum absolute atomic E-state index is 11.9. The van der Waals surface area contributed by atoms with Gasteiger partial charge in [-0.05, 0) is 6.42 Å². The molecule has 0 unspecified atom stereocenters. The largest absolute Gasteiger partial charge is 0.445 e. The highest BCUT2D eigenvalue weighted by Crippen LogP contribution is 2.25. The number of hydrogen-bond acceptors (Lipinski definition) is 6. The number of amides is 3. The van der Waals surface area contributed by atoms with E-state index >= 15 is 0 Å². The molecule has 1 rings (SSSR count). The zero-order chi connectivity index (χ0) is 15.8.